The van der Waals surface area contributed by atoms with Crippen molar-refractivity contribution < 1.29 is 17.6 Å². The van der Waals surface area contributed by atoms with Gasteiger partial charge in [-0.2, -0.15) is 13.2 Å². The predicted octanol–water partition coefficient (Wildman–Crippen LogP) is 4.46. The van der Waals surface area contributed by atoms with Gasteiger partial charge < -0.3 is 5.73 Å². The Kier molecular flexibility index (Phi) is 5.21. The standard InChI is InChI=1S/C13H15F4N.ClH/c14-10-7-3-6-9(13(15,16)17)11(10)12(18)8-4-1-2-5-8;/h3,6-8,12H,1-2,4-5,18H2;1H/t12-;/m0./s1. The zero-order valence-electron chi connectivity index (χ0n) is 10.2. The minimum atomic E-state index is -4.56. The van der Waals surface area contributed by atoms with Gasteiger partial charge in [0, 0.05) is 11.6 Å². The largest absolute Gasteiger partial charge is 0.416 e. The number of nitrogens with two attached hydrogens (primary N) is 1. The van der Waals surface area contributed by atoms with E-state index in [2.05, 4.69) is 0 Å². The van der Waals surface area contributed by atoms with Crippen LogP contribution in [0.3, 0.4) is 0 Å². The Balaban J connectivity index is 0.00000180. The van der Waals surface area contributed by atoms with Crippen LogP contribution in [0.1, 0.15) is 42.9 Å². The molecule has 0 saturated heterocycles. The summed E-state index contributed by atoms with van der Waals surface area (Å²) < 4.78 is 52.3. The molecule has 6 heteroatoms. The quantitative estimate of drug-likeness (QED) is 0.802. The molecule has 0 spiro atoms. The van der Waals surface area contributed by atoms with Crippen molar-refractivity contribution in [2.24, 2.45) is 11.7 Å². The van der Waals surface area contributed by atoms with E-state index in [0.29, 0.717) is 0 Å². The van der Waals surface area contributed by atoms with Crippen molar-refractivity contribution in [2.75, 3.05) is 0 Å². The van der Waals surface area contributed by atoms with E-state index in [4.69, 9.17) is 5.73 Å². The fraction of sp³-hybridized carbons (Fsp3) is 0.538. The Bertz CT molecular complexity index is 427. The minimum Gasteiger partial charge on any atom is -0.324 e. The highest BCUT2D eigenvalue weighted by molar-refractivity contribution is 5.85. The lowest BCUT2D eigenvalue weighted by Crippen LogP contribution is -2.24. The Morgan fingerprint density at radius 3 is 2.26 bits per heavy atom. The minimum absolute atomic E-state index is 0. The van der Waals surface area contributed by atoms with Crippen molar-refractivity contribution in [1.82, 2.24) is 0 Å². The lowest BCUT2D eigenvalue weighted by atomic mass is 9.89. The first-order valence-electron chi connectivity index (χ1n) is 6.02. The highest BCUT2D eigenvalue weighted by Crippen LogP contribution is 2.41. The molecule has 108 valence electrons. The number of alkyl halides is 3. The molecule has 1 fully saturated rings. The summed E-state index contributed by atoms with van der Waals surface area (Å²) in [6, 6.07) is 2.14. The Morgan fingerprint density at radius 2 is 1.74 bits per heavy atom. The number of benzene rings is 1. The molecule has 0 aliphatic heterocycles. The molecule has 0 radical (unpaired) electrons. The van der Waals surface area contributed by atoms with E-state index in [9.17, 15) is 17.6 Å². The summed E-state index contributed by atoms with van der Waals surface area (Å²) in [5.74, 6) is -0.910. The molecule has 1 aliphatic rings. The maximum Gasteiger partial charge on any atom is 0.416 e. The predicted molar refractivity (Wildman–Crippen MR) is 67.5 cm³/mol. The van der Waals surface area contributed by atoms with E-state index in [0.717, 1.165) is 43.9 Å². The maximum atomic E-state index is 13.7. The monoisotopic (exact) mass is 297 g/mol. The van der Waals surface area contributed by atoms with Crippen molar-refractivity contribution in [3.8, 4) is 0 Å². The van der Waals surface area contributed by atoms with Crippen LogP contribution < -0.4 is 5.73 Å². The topological polar surface area (TPSA) is 26.0 Å². The van der Waals surface area contributed by atoms with Gasteiger partial charge >= 0.3 is 6.18 Å². The first-order valence-corrected chi connectivity index (χ1v) is 6.02. The average molecular weight is 298 g/mol. The van der Waals surface area contributed by atoms with Crippen LogP contribution in [0, 0.1) is 11.7 Å². The molecule has 0 heterocycles. The van der Waals surface area contributed by atoms with Crippen molar-refractivity contribution >= 4 is 12.4 Å². The van der Waals surface area contributed by atoms with Crippen LogP contribution in [-0.2, 0) is 6.18 Å². The van der Waals surface area contributed by atoms with Gasteiger partial charge in [0.2, 0.25) is 0 Å². The maximum absolute atomic E-state index is 13.7. The van der Waals surface area contributed by atoms with Crippen molar-refractivity contribution in [2.45, 2.75) is 37.9 Å². The number of halogens is 5. The Hall–Kier alpha value is -0.810. The summed E-state index contributed by atoms with van der Waals surface area (Å²) in [5.41, 5.74) is 4.54. The second-order valence-electron chi connectivity index (χ2n) is 4.77. The number of rotatable bonds is 2. The molecule has 1 aliphatic carbocycles. The molecule has 0 bridgehead atoms. The molecule has 0 aromatic heterocycles. The van der Waals surface area contributed by atoms with Crippen molar-refractivity contribution in [1.29, 1.82) is 0 Å². The SMILES string of the molecule is Cl.N[C@H](c1c(F)cccc1C(F)(F)F)C1CCCC1. The van der Waals surface area contributed by atoms with E-state index in [1.165, 1.54) is 0 Å². The molecule has 1 nitrogen and oxygen atoms in total. The summed E-state index contributed by atoms with van der Waals surface area (Å²) in [7, 11) is 0. The second kappa shape index (κ2) is 6.09. The summed E-state index contributed by atoms with van der Waals surface area (Å²) in [6.45, 7) is 0. The van der Waals surface area contributed by atoms with Crippen molar-refractivity contribution in [3.05, 3.63) is 35.1 Å². The third-order valence-corrected chi connectivity index (χ3v) is 3.60. The van der Waals surface area contributed by atoms with Gasteiger partial charge in [0.15, 0.2) is 0 Å². The van der Waals surface area contributed by atoms with E-state index >= 15 is 0 Å². The van der Waals surface area contributed by atoms with Crippen LogP contribution in [0.5, 0.6) is 0 Å². The first kappa shape index (κ1) is 16.2. The first-order chi connectivity index (χ1) is 8.41. The Morgan fingerprint density at radius 1 is 1.16 bits per heavy atom. The summed E-state index contributed by atoms with van der Waals surface area (Å²) in [4.78, 5) is 0. The van der Waals surface area contributed by atoms with Crippen LogP contribution in [0.4, 0.5) is 17.6 Å². The molecule has 1 aromatic carbocycles. The van der Waals surface area contributed by atoms with Gasteiger partial charge in [-0.05, 0) is 30.9 Å². The lowest BCUT2D eigenvalue weighted by Gasteiger charge is -2.23. The van der Waals surface area contributed by atoms with E-state index < -0.39 is 23.6 Å². The van der Waals surface area contributed by atoms with Gasteiger partial charge in [0.05, 0.1) is 5.56 Å². The molecule has 0 unspecified atom stereocenters. The molecular formula is C13H16ClF4N. The van der Waals surface area contributed by atoms with Crippen molar-refractivity contribution in [3.63, 3.8) is 0 Å². The fourth-order valence-corrected chi connectivity index (χ4v) is 2.68. The lowest BCUT2D eigenvalue weighted by molar-refractivity contribution is -0.138. The van der Waals surface area contributed by atoms with Gasteiger partial charge in [-0.25, -0.2) is 4.39 Å². The van der Waals surface area contributed by atoms with E-state index in [1.807, 2.05) is 0 Å². The Labute approximate surface area is 115 Å². The van der Waals surface area contributed by atoms with Crippen LogP contribution >= 0.6 is 12.4 Å². The molecule has 1 atom stereocenters. The van der Waals surface area contributed by atoms with Gasteiger partial charge in [-0.1, -0.05) is 18.9 Å². The van der Waals surface area contributed by atoms with Gasteiger partial charge in [-0.15, -0.1) is 12.4 Å². The normalized spacial score (nSPS) is 18.2. The highest BCUT2D eigenvalue weighted by atomic mass is 35.5. The van der Waals surface area contributed by atoms with E-state index in [-0.39, 0.29) is 23.9 Å². The van der Waals surface area contributed by atoms with Gasteiger partial charge in [0.1, 0.15) is 5.82 Å². The van der Waals surface area contributed by atoms with Crippen LogP contribution in [0.25, 0.3) is 0 Å². The van der Waals surface area contributed by atoms with Gasteiger partial charge in [-0.3, -0.25) is 0 Å². The summed E-state index contributed by atoms with van der Waals surface area (Å²) in [6.07, 6.45) is -1.12. The van der Waals surface area contributed by atoms with Crippen LogP contribution in [-0.4, -0.2) is 0 Å². The third-order valence-electron chi connectivity index (χ3n) is 3.60. The van der Waals surface area contributed by atoms with E-state index in [1.54, 1.807) is 0 Å². The summed E-state index contributed by atoms with van der Waals surface area (Å²) in [5, 5.41) is 0. The summed E-state index contributed by atoms with van der Waals surface area (Å²) >= 11 is 0. The average Bonchev–Trinajstić information content (AvgIpc) is 2.80. The number of hydrogen-bond acceptors (Lipinski definition) is 1. The molecule has 1 saturated carbocycles. The van der Waals surface area contributed by atoms with Crippen LogP contribution in [0.15, 0.2) is 18.2 Å². The highest BCUT2D eigenvalue weighted by Gasteiger charge is 2.38. The molecular weight excluding hydrogens is 282 g/mol. The third kappa shape index (κ3) is 3.39. The number of hydrogen-bond donors (Lipinski definition) is 1. The fourth-order valence-electron chi connectivity index (χ4n) is 2.68. The molecule has 0 amide bonds. The molecule has 2 N–H and O–H groups in total. The molecule has 19 heavy (non-hydrogen) atoms. The smallest absolute Gasteiger partial charge is 0.324 e. The molecule has 1 aromatic rings. The zero-order valence-corrected chi connectivity index (χ0v) is 11.0. The van der Waals surface area contributed by atoms with Gasteiger partial charge in [0.25, 0.3) is 0 Å². The molecule has 2 rings (SSSR count). The zero-order chi connectivity index (χ0) is 13.3. The van der Waals surface area contributed by atoms with Crippen LogP contribution in [0.2, 0.25) is 0 Å². The second-order valence-corrected chi connectivity index (χ2v) is 4.77.